The molecule has 0 bridgehead atoms. The Hall–Kier alpha value is -2.34. The molecule has 3 aromatic rings. The number of aromatic amines is 1. The largest absolute Gasteiger partial charge is 0.365 e. The number of piperidine rings is 2. The Kier molecular flexibility index (Phi) is 6.11. The van der Waals surface area contributed by atoms with Crippen LogP contribution in [-0.2, 0) is 10.0 Å². The fourth-order valence-corrected chi connectivity index (χ4v) is 7.98. The van der Waals surface area contributed by atoms with Crippen LogP contribution in [0.5, 0.6) is 0 Å². The van der Waals surface area contributed by atoms with Crippen molar-refractivity contribution in [2.24, 2.45) is 0 Å². The van der Waals surface area contributed by atoms with Crippen LogP contribution >= 0.6 is 11.3 Å². The molecule has 1 saturated carbocycles. The number of thiazole rings is 1. The molecule has 4 heterocycles. The van der Waals surface area contributed by atoms with E-state index in [1.165, 1.54) is 11.3 Å². The summed E-state index contributed by atoms with van der Waals surface area (Å²) in [5.74, 6) is 1.22. The van der Waals surface area contributed by atoms with E-state index in [0.717, 1.165) is 49.0 Å². The normalized spacial score (nSPS) is 22.5. The molecule has 35 heavy (non-hydrogen) atoms. The molecule has 3 N–H and O–H groups in total. The van der Waals surface area contributed by atoms with Gasteiger partial charge >= 0.3 is 0 Å². The van der Waals surface area contributed by atoms with Crippen LogP contribution < -0.4 is 16.2 Å². The second-order valence-corrected chi connectivity index (χ2v) is 13.0. The highest BCUT2D eigenvalue weighted by atomic mass is 32.2. The highest BCUT2D eigenvalue weighted by Crippen LogP contribution is 2.36. The molecule has 186 valence electrons. The highest BCUT2D eigenvalue weighted by molar-refractivity contribution is 7.90. The monoisotopic (exact) mass is 514 g/mol. The summed E-state index contributed by atoms with van der Waals surface area (Å²) >= 11 is 1.49. The minimum absolute atomic E-state index is 0.0165. The van der Waals surface area contributed by atoms with E-state index in [9.17, 15) is 13.2 Å². The molecule has 1 unspecified atom stereocenters. The van der Waals surface area contributed by atoms with Crippen molar-refractivity contribution >= 4 is 37.4 Å². The van der Waals surface area contributed by atoms with Gasteiger partial charge in [0.25, 0.3) is 5.56 Å². The standard InChI is InChI=1S/C24H30N6O3S2/c31-23-20(24-27-18-5-1-2-6-19(18)34-24)22(26-16-4-3-11-25-14-16)28-21(29-23)15-9-12-30(13-10-15)35(32,33)17-7-8-17/h1-2,5-6,15-17,25H,3-4,7-14H2,(H2,26,28,29,31). The third-order valence-corrected chi connectivity index (χ3v) is 10.7. The van der Waals surface area contributed by atoms with Crippen LogP contribution in [0.1, 0.15) is 50.3 Å². The maximum atomic E-state index is 13.5. The van der Waals surface area contributed by atoms with E-state index in [-0.39, 0.29) is 22.8 Å². The van der Waals surface area contributed by atoms with Gasteiger partial charge in [0, 0.05) is 31.6 Å². The zero-order chi connectivity index (χ0) is 24.0. The van der Waals surface area contributed by atoms with Crippen LogP contribution in [0.25, 0.3) is 20.8 Å². The van der Waals surface area contributed by atoms with Crippen LogP contribution in [-0.4, -0.2) is 65.1 Å². The molecule has 0 amide bonds. The molecule has 0 radical (unpaired) electrons. The number of anilines is 1. The SMILES string of the molecule is O=c1[nH]c(C2CCN(S(=O)(=O)C3CC3)CC2)nc(NC2CCCNC2)c1-c1nc2ccccc2s1. The molecule has 2 aliphatic heterocycles. The van der Waals surface area contributed by atoms with E-state index in [1.54, 1.807) is 4.31 Å². The van der Waals surface area contributed by atoms with Gasteiger partial charge in [-0.15, -0.1) is 11.3 Å². The minimum Gasteiger partial charge on any atom is -0.365 e. The van der Waals surface area contributed by atoms with Crippen molar-refractivity contribution in [3.63, 3.8) is 0 Å². The lowest BCUT2D eigenvalue weighted by Crippen LogP contribution is -2.40. The summed E-state index contributed by atoms with van der Waals surface area (Å²) < 4.78 is 27.9. The number of hydrogen-bond donors (Lipinski definition) is 3. The minimum atomic E-state index is -3.17. The first kappa shape index (κ1) is 23.1. The molecule has 1 atom stereocenters. The number of rotatable bonds is 6. The predicted octanol–water partition coefficient (Wildman–Crippen LogP) is 2.88. The number of sulfonamides is 1. The molecule has 2 saturated heterocycles. The average Bonchev–Trinajstić information content (AvgIpc) is 3.65. The summed E-state index contributed by atoms with van der Waals surface area (Å²) in [6.07, 6.45) is 4.93. The van der Waals surface area contributed by atoms with E-state index in [1.807, 2.05) is 24.3 Å². The number of nitrogens with one attached hydrogen (secondary N) is 3. The van der Waals surface area contributed by atoms with Crippen molar-refractivity contribution in [3.05, 3.63) is 40.4 Å². The van der Waals surface area contributed by atoms with Crippen molar-refractivity contribution in [1.82, 2.24) is 24.6 Å². The first-order valence-electron chi connectivity index (χ1n) is 12.5. The van der Waals surface area contributed by atoms with Gasteiger partial charge < -0.3 is 15.6 Å². The summed E-state index contributed by atoms with van der Waals surface area (Å²) in [4.78, 5) is 26.1. The van der Waals surface area contributed by atoms with Crippen LogP contribution in [0.15, 0.2) is 29.1 Å². The summed E-state index contributed by atoms with van der Waals surface area (Å²) in [5.41, 5.74) is 1.15. The van der Waals surface area contributed by atoms with E-state index >= 15 is 0 Å². The number of para-hydroxylation sites is 1. The van der Waals surface area contributed by atoms with Crippen LogP contribution in [0, 0.1) is 0 Å². The summed E-state index contributed by atoms with van der Waals surface area (Å²) in [6.45, 7) is 2.77. The number of fused-ring (bicyclic) bond motifs is 1. The Labute approximate surface area is 208 Å². The summed E-state index contributed by atoms with van der Waals surface area (Å²) in [5, 5.41) is 7.41. The number of aromatic nitrogens is 3. The van der Waals surface area contributed by atoms with Gasteiger partial charge in [0.15, 0.2) is 0 Å². The molecule has 9 nitrogen and oxygen atoms in total. The Morgan fingerprint density at radius 2 is 1.86 bits per heavy atom. The van der Waals surface area contributed by atoms with E-state index in [0.29, 0.717) is 48.1 Å². The Bertz CT molecular complexity index is 1350. The predicted molar refractivity (Wildman–Crippen MR) is 138 cm³/mol. The van der Waals surface area contributed by atoms with Gasteiger partial charge in [-0.3, -0.25) is 4.79 Å². The number of benzene rings is 1. The topological polar surface area (TPSA) is 120 Å². The first-order valence-corrected chi connectivity index (χ1v) is 14.8. The van der Waals surface area contributed by atoms with Crippen molar-refractivity contribution in [2.45, 2.75) is 55.7 Å². The van der Waals surface area contributed by atoms with E-state index in [4.69, 9.17) is 9.97 Å². The van der Waals surface area contributed by atoms with Gasteiger partial charge in [0.1, 0.15) is 22.2 Å². The molecular weight excluding hydrogens is 484 g/mol. The van der Waals surface area contributed by atoms with Crippen LogP contribution in [0.2, 0.25) is 0 Å². The maximum Gasteiger partial charge on any atom is 0.263 e. The molecule has 3 aliphatic rings. The maximum absolute atomic E-state index is 13.5. The van der Waals surface area contributed by atoms with Gasteiger partial charge in [0.05, 0.1) is 15.5 Å². The summed E-state index contributed by atoms with van der Waals surface area (Å²) in [6, 6.07) is 8.06. The van der Waals surface area contributed by atoms with Crippen molar-refractivity contribution < 1.29 is 8.42 Å². The smallest absolute Gasteiger partial charge is 0.263 e. The lowest BCUT2D eigenvalue weighted by molar-refractivity contribution is 0.313. The first-order chi connectivity index (χ1) is 17.0. The van der Waals surface area contributed by atoms with Crippen molar-refractivity contribution in [1.29, 1.82) is 0 Å². The quantitative estimate of drug-likeness (QED) is 0.463. The molecule has 3 fully saturated rings. The number of hydrogen-bond acceptors (Lipinski definition) is 8. The van der Waals surface area contributed by atoms with Crippen LogP contribution in [0.3, 0.4) is 0 Å². The molecule has 2 aromatic heterocycles. The van der Waals surface area contributed by atoms with Gasteiger partial charge in [-0.1, -0.05) is 12.1 Å². The van der Waals surface area contributed by atoms with Gasteiger partial charge in [-0.2, -0.15) is 0 Å². The van der Waals surface area contributed by atoms with E-state index in [2.05, 4.69) is 15.6 Å². The Balaban J connectivity index is 1.32. The zero-order valence-corrected chi connectivity index (χ0v) is 21.1. The third kappa shape index (κ3) is 4.62. The molecule has 1 aliphatic carbocycles. The Morgan fingerprint density at radius 1 is 1.06 bits per heavy atom. The number of H-pyrrole nitrogens is 1. The van der Waals surface area contributed by atoms with Crippen molar-refractivity contribution in [3.8, 4) is 10.6 Å². The molecule has 11 heteroatoms. The lowest BCUT2D eigenvalue weighted by atomic mass is 9.97. The second kappa shape index (κ2) is 9.27. The van der Waals surface area contributed by atoms with Gasteiger partial charge in [-0.05, 0) is 57.2 Å². The highest BCUT2D eigenvalue weighted by Gasteiger charge is 2.41. The van der Waals surface area contributed by atoms with Crippen LogP contribution in [0.4, 0.5) is 5.82 Å². The fraction of sp³-hybridized carbons (Fsp3) is 0.542. The van der Waals surface area contributed by atoms with Gasteiger partial charge in [-0.25, -0.2) is 22.7 Å². The third-order valence-electron chi connectivity index (χ3n) is 7.23. The average molecular weight is 515 g/mol. The number of nitrogens with zero attached hydrogens (tertiary/aromatic N) is 3. The van der Waals surface area contributed by atoms with E-state index < -0.39 is 10.0 Å². The fourth-order valence-electron chi connectivity index (χ4n) is 5.09. The van der Waals surface area contributed by atoms with Gasteiger partial charge in [0.2, 0.25) is 10.0 Å². The summed E-state index contributed by atoms with van der Waals surface area (Å²) in [7, 11) is -3.17. The molecular formula is C24H30N6O3S2. The Morgan fingerprint density at radius 3 is 2.57 bits per heavy atom. The zero-order valence-electron chi connectivity index (χ0n) is 19.5. The molecule has 6 rings (SSSR count). The van der Waals surface area contributed by atoms with Crippen molar-refractivity contribution in [2.75, 3.05) is 31.5 Å². The second-order valence-electron chi connectivity index (χ2n) is 9.77. The lowest BCUT2D eigenvalue weighted by Gasteiger charge is -2.31. The molecule has 1 aromatic carbocycles. The molecule has 0 spiro atoms.